The van der Waals surface area contributed by atoms with E-state index in [4.69, 9.17) is 5.73 Å². The van der Waals surface area contributed by atoms with Gasteiger partial charge in [-0.2, -0.15) is 5.10 Å². The van der Waals surface area contributed by atoms with Gasteiger partial charge in [0.15, 0.2) is 0 Å². The molecule has 0 spiro atoms. The number of aromatic nitrogens is 2. The Labute approximate surface area is 89.9 Å². The predicted octanol–water partition coefficient (Wildman–Crippen LogP) is 2.16. The predicted molar refractivity (Wildman–Crippen MR) is 62.7 cm³/mol. The van der Waals surface area contributed by atoms with Crippen LogP contribution in [0.3, 0.4) is 0 Å². The molecule has 0 unspecified atom stereocenters. The second kappa shape index (κ2) is 3.66. The highest BCUT2D eigenvalue weighted by Crippen LogP contribution is 2.26. The van der Waals surface area contributed by atoms with E-state index < -0.39 is 0 Å². The lowest BCUT2D eigenvalue weighted by Crippen LogP contribution is -1.99. The molecule has 0 aliphatic carbocycles. The lowest BCUT2D eigenvalue weighted by atomic mass is 10.0. The number of aryl methyl sites for hydroxylation is 1. The largest absolute Gasteiger partial charge is 0.326 e. The lowest BCUT2D eigenvalue weighted by molar-refractivity contribution is 0.677. The maximum absolute atomic E-state index is 5.70. The minimum absolute atomic E-state index is 0.480. The summed E-state index contributed by atoms with van der Waals surface area (Å²) in [6.07, 6.45) is 0. The van der Waals surface area contributed by atoms with Crippen LogP contribution in [0.25, 0.3) is 10.9 Å². The fraction of sp³-hybridized carbons (Fsp3) is 0.417. The highest BCUT2D eigenvalue weighted by Gasteiger charge is 2.13. The van der Waals surface area contributed by atoms with Gasteiger partial charge in [-0.05, 0) is 11.5 Å². The summed E-state index contributed by atoms with van der Waals surface area (Å²) in [6.45, 7) is 4.92. The average molecular weight is 203 g/mol. The van der Waals surface area contributed by atoms with Gasteiger partial charge in [-0.15, -0.1) is 0 Å². The van der Waals surface area contributed by atoms with Crippen LogP contribution >= 0.6 is 0 Å². The van der Waals surface area contributed by atoms with E-state index in [-0.39, 0.29) is 0 Å². The van der Waals surface area contributed by atoms with Crippen molar-refractivity contribution in [2.75, 3.05) is 0 Å². The Hall–Kier alpha value is -1.35. The average Bonchev–Trinajstić information content (AvgIpc) is 2.53. The van der Waals surface area contributed by atoms with Gasteiger partial charge in [0.05, 0.1) is 5.52 Å². The Morgan fingerprint density at radius 2 is 2.13 bits per heavy atom. The van der Waals surface area contributed by atoms with Crippen molar-refractivity contribution in [3.63, 3.8) is 0 Å². The second-order valence-electron chi connectivity index (χ2n) is 4.18. The molecule has 1 heterocycles. The molecule has 0 aliphatic heterocycles. The Bertz CT molecular complexity index is 483. The summed E-state index contributed by atoms with van der Waals surface area (Å²) in [6, 6.07) is 6.22. The smallest absolute Gasteiger partial charge is 0.0971 e. The van der Waals surface area contributed by atoms with Crippen LogP contribution in [0.5, 0.6) is 0 Å². The third-order valence-corrected chi connectivity index (χ3v) is 2.76. The maximum Gasteiger partial charge on any atom is 0.0971 e. The summed E-state index contributed by atoms with van der Waals surface area (Å²) in [4.78, 5) is 0. The Kier molecular flexibility index (Phi) is 2.49. The zero-order valence-corrected chi connectivity index (χ0v) is 9.49. The van der Waals surface area contributed by atoms with Gasteiger partial charge < -0.3 is 5.73 Å². The first-order valence-electron chi connectivity index (χ1n) is 5.29. The summed E-state index contributed by atoms with van der Waals surface area (Å²) >= 11 is 0. The number of rotatable bonds is 2. The second-order valence-corrected chi connectivity index (χ2v) is 4.18. The minimum atomic E-state index is 0.480. The van der Waals surface area contributed by atoms with Gasteiger partial charge in [0.25, 0.3) is 0 Å². The molecule has 3 heteroatoms. The third kappa shape index (κ3) is 1.53. The van der Waals surface area contributed by atoms with Gasteiger partial charge in [0.2, 0.25) is 0 Å². The van der Waals surface area contributed by atoms with E-state index in [9.17, 15) is 0 Å². The first-order valence-corrected chi connectivity index (χ1v) is 5.29. The molecule has 0 fully saturated rings. The zero-order chi connectivity index (χ0) is 11.0. The summed E-state index contributed by atoms with van der Waals surface area (Å²) in [5.41, 5.74) is 9.15. The number of nitrogens with zero attached hydrogens (tertiary/aromatic N) is 2. The molecule has 0 saturated carbocycles. The molecule has 2 aromatic rings. The number of nitrogens with two attached hydrogens (primary N) is 1. The molecule has 80 valence electrons. The number of fused-ring (bicyclic) bond motifs is 1. The molecular formula is C12H17N3. The molecular weight excluding hydrogens is 186 g/mol. The molecule has 15 heavy (non-hydrogen) atoms. The highest BCUT2D eigenvalue weighted by molar-refractivity contribution is 5.85. The van der Waals surface area contributed by atoms with Crippen LogP contribution in [-0.2, 0) is 13.6 Å². The Morgan fingerprint density at radius 1 is 1.40 bits per heavy atom. The van der Waals surface area contributed by atoms with Gasteiger partial charge in [-0.25, -0.2) is 0 Å². The minimum Gasteiger partial charge on any atom is -0.326 e. The van der Waals surface area contributed by atoms with E-state index in [2.05, 4.69) is 31.1 Å². The molecule has 2 N–H and O–H groups in total. The van der Waals surface area contributed by atoms with Crippen molar-refractivity contribution in [3.8, 4) is 0 Å². The molecule has 0 aliphatic rings. The summed E-state index contributed by atoms with van der Waals surface area (Å²) < 4.78 is 1.97. The molecule has 0 radical (unpaired) electrons. The van der Waals surface area contributed by atoms with Gasteiger partial charge >= 0.3 is 0 Å². The third-order valence-electron chi connectivity index (χ3n) is 2.76. The van der Waals surface area contributed by atoms with Crippen molar-refractivity contribution in [1.82, 2.24) is 9.78 Å². The normalized spacial score (nSPS) is 11.5. The zero-order valence-electron chi connectivity index (χ0n) is 9.49. The monoisotopic (exact) mass is 203 g/mol. The van der Waals surface area contributed by atoms with E-state index in [1.807, 2.05) is 17.8 Å². The summed E-state index contributed by atoms with van der Waals surface area (Å²) in [5, 5.41) is 5.77. The summed E-state index contributed by atoms with van der Waals surface area (Å²) in [7, 11) is 2.00. The van der Waals surface area contributed by atoms with Crippen LogP contribution in [0.1, 0.15) is 31.0 Å². The molecule has 0 saturated heterocycles. The van der Waals surface area contributed by atoms with Crippen molar-refractivity contribution >= 4 is 10.9 Å². The van der Waals surface area contributed by atoms with Gasteiger partial charge in [0, 0.05) is 24.7 Å². The molecule has 0 bridgehead atoms. The maximum atomic E-state index is 5.70. The van der Waals surface area contributed by atoms with Crippen LogP contribution in [0.15, 0.2) is 18.2 Å². The van der Waals surface area contributed by atoms with E-state index in [0.717, 1.165) is 11.1 Å². The van der Waals surface area contributed by atoms with Gasteiger partial charge in [0.1, 0.15) is 0 Å². The first kappa shape index (κ1) is 10.2. The van der Waals surface area contributed by atoms with E-state index in [1.54, 1.807) is 0 Å². The van der Waals surface area contributed by atoms with Crippen molar-refractivity contribution in [2.45, 2.75) is 26.3 Å². The van der Waals surface area contributed by atoms with Crippen molar-refractivity contribution in [2.24, 2.45) is 12.8 Å². The van der Waals surface area contributed by atoms with E-state index >= 15 is 0 Å². The fourth-order valence-electron chi connectivity index (χ4n) is 2.14. The van der Waals surface area contributed by atoms with Crippen LogP contribution in [0, 0.1) is 0 Å². The molecule has 0 amide bonds. The molecule has 1 aromatic carbocycles. The highest BCUT2D eigenvalue weighted by atomic mass is 15.3. The SMILES string of the molecule is CC(C)c1c2cccc(CN)c2nn1C. The van der Waals surface area contributed by atoms with Gasteiger partial charge in [-0.1, -0.05) is 32.0 Å². The van der Waals surface area contributed by atoms with Crippen molar-refractivity contribution < 1.29 is 0 Å². The van der Waals surface area contributed by atoms with Crippen LogP contribution in [0.4, 0.5) is 0 Å². The number of hydrogen-bond donors (Lipinski definition) is 1. The van der Waals surface area contributed by atoms with Crippen LogP contribution < -0.4 is 5.73 Å². The van der Waals surface area contributed by atoms with Crippen LogP contribution in [0.2, 0.25) is 0 Å². The number of benzene rings is 1. The van der Waals surface area contributed by atoms with Crippen LogP contribution in [-0.4, -0.2) is 9.78 Å². The standard InChI is InChI=1S/C12H17N3/c1-8(2)12-10-6-4-5-9(7-13)11(10)14-15(12)3/h4-6,8H,7,13H2,1-3H3. The Morgan fingerprint density at radius 3 is 2.73 bits per heavy atom. The molecule has 0 atom stereocenters. The molecule has 2 rings (SSSR count). The van der Waals surface area contributed by atoms with Crippen molar-refractivity contribution in [1.29, 1.82) is 0 Å². The van der Waals surface area contributed by atoms with E-state index in [1.165, 1.54) is 11.1 Å². The molecule has 1 aromatic heterocycles. The number of hydrogen-bond acceptors (Lipinski definition) is 2. The lowest BCUT2D eigenvalue weighted by Gasteiger charge is -2.05. The van der Waals surface area contributed by atoms with E-state index in [0.29, 0.717) is 12.5 Å². The Balaban J connectivity index is 2.78. The topological polar surface area (TPSA) is 43.8 Å². The molecule has 3 nitrogen and oxygen atoms in total. The summed E-state index contributed by atoms with van der Waals surface area (Å²) in [5.74, 6) is 0.480. The fourth-order valence-corrected chi connectivity index (χ4v) is 2.14. The van der Waals surface area contributed by atoms with Gasteiger partial charge in [-0.3, -0.25) is 4.68 Å². The van der Waals surface area contributed by atoms with Crippen molar-refractivity contribution in [3.05, 3.63) is 29.5 Å². The first-order chi connectivity index (χ1) is 7.15. The quantitative estimate of drug-likeness (QED) is 0.812.